The van der Waals surface area contributed by atoms with E-state index in [2.05, 4.69) is 19.2 Å². The van der Waals surface area contributed by atoms with Crippen molar-refractivity contribution in [2.24, 2.45) is 5.92 Å². The van der Waals surface area contributed by atoms with E-state index in [-0.39, 0.29) is 18.0 Å². The molecule has 1 N–H and O–H groups in total. The van der Waals surface area contributed by atoms with Crippen LogP contribution in [0.1, 0.15) is 32.3 Å². The minimum Gasteiger partial charge on any atom is -0.356 e. The molecule has 1 amide bonds. The Balaban J connectivity index is 2.46. The molecule has 0 saturated heterocycles. The summed E-state index contributed by atoms with van der Waals surface area (Å²) in [5.41, 5.74) is 0.452. The van der Waals surface area contributed by atoms with Crippen molar-refractivity contribution in [1.29, 1.82) is 0 Å². The lowest BCUT2D eigenvalue weighted by Gasteiger charge is -2.07. The molecular weight excluding hydrogens is 244 g/mol. The molecule has 1 rings (SSSR count). The number of nitrogens with one attached hydrogen (secondary N) is 1. The maximum atomic E-state index is 11.7. The van der Waals surface area contributed by atoms with E-state index in [1.165, 1.54) is 6.07 Å². The first-order valence-corrected chi connectivity index (χ1v) is 6.49. The monoisotopic (exact) mass is 264 g/mol. The Morgan fingerprint density at radius 2 is 2.05 bits per heavy atom. The van der Waals surface area contributed by atoms with Crippen LogP contribution < -0.4 is 5.32 Å². The molecule has 5 heteroatoms. The van der Waals surface area contributed by atoms with Crippen LogP contribution in [0.25, 0.3) is 0 Å². The third-order valence-electron chi connectivity index (χ3n) is 2.82. The SMILES string of the molecule is CC(C)CCCNC(=O)Cc1ccccc1[N+](=O)[O-]. The highest BCUT2D eigenvalue weighted by atomic mass is 16.6. The number of nitrogens with zero attached hydrogens (tertiary/aromatic N) is 1. The van der Waals surface area contributed by atoms with Crippen molar-refractivity contribution in [2.45, 2.75) is 33.1 Å². The van der Waals surface area contributed by atoms with E-state index in [1.807, 2.05) is 0 Å². The average Bonchev–Trinajstić information content (AvgIpc) is 2.35. The molecule has 104 valence electrons. The Hall–Kier alpha value is -1.91. The molecule has 0 fully saturated rings. The van der Waals surface area contributed by atoms with E-state index < -0.39 is 4.92 Å². The third kappa shape index (κ3) is 5.50. The van der Waals surface area contributed by atoms with Crippen LogP contribution in [0.4, 0.5) is 5.69 Å². The fourth-order valence-corrected chi connectivity index (χ4v) is 1.81. The number of nitro benzene ring substituents is 1. The summed E-state index contributed by atoms with van der Waals surface area (Å²) in [6.07, 6.45) is 2.05. The summed E-state index contributed by atoms with van der Waals surface area (Å²) in [4.78, 5) is 22.1. The van der Waals surface area contributed by atoms with Gasteiger partial charge in [-0.25, -0.2) is 0 Å². The minimum absolute atomic E-state index is 0.000157. The first-order chi connectivity index (χ1) is 9.00. The van der Waals surface area contributed by atoms with E-state index >= 15 is 0 Å². The molecule has 0 aromatic heterocycles. The van der Waals surface area contributed by atoms with Gasteiger partial charge in [0.1, 0.15) is 0 Å². The van der Waals surface area contributed by atoms with Crippen LogP contribution in [0.2, 0.25) is 0 Å². The molecule has 0 unspecified atom stereocenters. The molecule has 0 atom stereocenters. The van der Waals surface area contributed by atoms with Crippen LogP contribution in [-0.2, 0) is 11.2 Å². The summed E-state index contributed by atoms with van der Waals surface area (Å²) in [6.45, 7) is 4.89. The van der Waals surface area contributed by atoms with E-state index in [4.69, 9.17) is 0 Å². The Morgan fingerprint density at radius 1 is 1.37 bits per heavy atom. The van der Waals surface area contributed by atoms with Crippen molar-refractivity contribution in [1.82, 2.24) is 5.32 Å². The first kappa shape index (κ1) is 15.1. The smallest absolute Gasteiger partial charge is 0.273 e. The number of carbonyl (C=O) groups excluding carboxylic acids is 1. The van der Waals surface area contributed by atoms with Gasteiger partial charge in [-0.1, -0.05) is 32.0 Å². The average molecular weight is 264 g/mol. The number of rotatable bonds is 7. The van der Waals surface area contributed by atoms with Gasteiger partial charge < -0.3 is 5.32 Å². The fraction of sp³-hybridized carbons (Fsp3) is 0.500. The third-order valence-corrected chi connectivity index (χ3v) is 2.82. The molecule has 1 aromatic rings. The van der Waals surface area contributed by atoms with Crippen molar-refractivity contribution < 1.29 is 9.72 Å². The van der Waals surface area contributed by atoms with Gasteiger partial charge >= 0.3 is 0 Å². The van der Waals surface area contributed by atoms with Crippen molar-refractivity contribution in [2.75, 3.05) is 6.54 Å². The van der Waals surface area contributed by atoms with Crippen LogP contribution in [0.5, 0.6) is 0 Å². The predicted molar refractivity (Wildman–Crippen MR) is 73.9 cm³/mol. The van der Waals surface area contributed by atoms with E-state index in [0.717, 1.165) is 12.8 Å². The minimum atomic E-state index is -0.457. The number of carbonyl (C=O) groups is 1. The lowest BCUT2D eigenvalue weighted by atomic mass is 10.1. The number of benzene rings is 1. The van der Waals surface area contributed by atoms with Crippen LogP contribution in [0.3, 0.4) is 0 Å². The Labute approximate surface area is 113 Å². The Kier molecular flexibility index (Phi) is 5.99. The molecule has 0 spiro atoms. The van der Waals surface area contributed by atoms with Gasteiger partial charge in [-0.05, 0) is 18.8 Å². The summed E-state index contributed by atoms with van der Waals surface area (Å²) < 4.78 is 0. The van der Waals surface area contributed by atoms with Gasteiger partial charge in [-0.15, -0.1) is 0 Å². The summed E-state index contributed by atoms with van der Waals surface area (Å²) in [6, 6.07) is 6.34. The fourth-order valence-electron chi connectivity index (χ4n) is 1.81. The van der Waals surface area contributed by atoms with Crippen molar-refractivity contribution >= 4 is 11.6 Å². The van der Waals surface area contributed by atoms with Gasteiger partial charge in [0.25, 0.3) is 5.69 Å². The van der Waals surface area contributed by atoms with Crippen LogP contribution in [-0.4, -0.2) is 17.4 Å². The van der Waals surface area contributed by atoms with Gasteiger partial charge in [0.2, 0.25) is 5.91 Å². The molecule has 0 heterocycles. The molecule has 0 radical (unpaired) electrons. The molecule has 19 heavy (non-hydrogen) atoms. The van der Waals surface area contributed by atoms with Gasteiger partial charge in [0.05, 0.1) is 11.3 Å². The molecule has 0 saturated carbocycles. The lowest BCUT2D eigenvalue weighted by Crippen LogP contribution is -2.26. The first-order valence-electron chi connectivity index (χ1n) is 6.49. The molecule has 1 aromatic carbocycles. The van der Waals surface area contributed by atoms with E-state index in [1.54, 1.807) is 18.2 Å². The van der Waals surface area contributed by atoms with Crippen molar-refractivity contribution in [3.05, 3.63) is 39.9 Å². The van der Waals surface area contributed by atoms with E-state index in [9.17, 15) is 14.9 Å². The Morgan fingerprint density at radius 3 is 2.68 bits per heavy atom. The zero-order chi connectivity index (χ0) is 14.3. The molecular formula is C14H20N2O3. The van der Waals surface area contributed by atoms with Crippen LogP contribution >= 0.6 is 0 Å². The highest BCUT2D eigenvalue weighted by molar-refractivity contribution is 5.79. The van der Waals surface area contributed by atoms with Crippen molar-refractivity contribution in [3.8, 4) is 0 Å². The summed E-state index contributed by atoms with van der Waals surface area (Å²) in [5.74, 6) is 0.449. The number of hydrogen-bond acceptors (Lipinski definition) is 3. The second kappa shape index (κ2) is 7.51. The predicted octanol–water partition coefficient (Wildman–Crippen LogP) is 2.69. The highest BCUT2D eigenvalue weighted by Crippen LogP contribution is 2.17. The highest BCUT2D eigenvalue weighted by Gasteiger charge is 2.14. The lowest BCUT2D eigenvalue weighted by molar-refractivity contribution is -0.385. The summed E-state index contributed by atoms with van der Waals surface area (Å²) in [5, 5.41) is 13.6. The largest absolute Gasteiger partial charge is 0.356 e. The van der Waals surface area contributed by atoms with Crippen LogP contribution in [0, 0.1) is 16.0 Å². The summed E-state index contributed by atoms with van der Waals surface area (Å²) >= 11 is 0. The quantitative estimate of drug-likeness (QED) is 0.467. The number of para-hydroxylation sites is 1. The Bertz CT molecular complexity index is 444. The molecule has 5 nitrogen and oxygen atoms in total. The maximum Gasteiger partial charge on any atom is 0.273 e. The molecule has 0 aliphatic heterocycles. The van der Waals surface area contributed by atoms with Crippen molar-refractivity contribution in [3.63, 3.8) is 0 Å². The van der Waals surface area contributed by atoms with Gasteiger partial charge in [-0.2, -0.15) is 0 Å². The topological polar surface area (TPSA) is 72.2 Å². The van der Waals surface area contributed by atoms with Gasteiger partial charge in [0.15, 0.2) is 0 Å². The standard InChI is InChI=1S/C14H20N2O3/c1-11(2)6-5-9-15-14(17)10-12-7-3-4-8-13(12)16(18)19/h3-4,7-8,11H,5-6,9-10H2,1-2H3,(H,15,17). The normalized spacial score (nSPS) is 10.5. The van der Waals surface area contributed by atoms with Gasteiger partial charge in [0, 0.05) is 18.2 Å². The second-order valence-electron chi connectivity index (χ2n) is 4.95. The molecule has 0 aliphatic carbocycles. The van der Waals surface area contributed by atoms with Gasteiger partial charge in [-0.3, -0.25) is 14.9 Å². The number of amides is 1. The number of hydrogen-bond donors (Lipinski definition) is 1. The van der Waals surface area contributed by atoms with Crippen LogP contribution in [0.15, 0.2) is 24.3 Å². The zero-order valence-corrected chi connectivity index (χ0v) is 11.4. The number of nitro groups is 1. The maximum absolute atomic E-state index is 11.7. The molecule has 0 bridgehead atoms. The molecule has 0 aliphatic rings. The second-order valence-corrected chi connectivity index (χ2v) is 4.95. The zero-order valence-electron chi connectivity index (χ0n) is 11.4. The van der Waals surface area contributed by atoms with E-state index in [0.29, 0.717) is 18.0 Å². The summed E-state index contributed by atoms with van der Waals surface area (Å²) in [7, 11) is 0.